The third-order valence-corrected chi connectivity index (χ3v) is 13.1. The van der Waals surface area contributed by atoms with E-state index in [1.165, 1.54) is 116 Å². The van der Waals surface area contributed by atoms with E-state index < -0.39 is 12.1 Å². The van der Waals surface area contributed by atoms with Crippen molar-refractivity contribution in [1.82, 2.24) is 0 Å². The highest BCUT2D eigenvalue weighted by Crippen LogP contribution is 2.16. The van der Waals surface area contributed by atoms with Gasteiger partial charge in [0.2, 0.25) is 0 Å². The first-order valence-corrected chi connectivity index (χ1v) is 31.7. The summed E-state index contributed by atoms with van der Waals surface area (Å²) in [6.45, 7) is 6.31. The zero-order chi connectivity index (χ0) is 55.7. The van der Waals surface area contributed by atoms with E-state index in [1.54, 1.807) is 0 Å². The molecule has 0 aliphatic rings. The minimum atomic E-state index is -0.825. The number of hydrogen-bond donors (Lipinski definition) is 0. The smallest absolute Gasteiger partial charge is 0.306 e. The van der Waals surface area contributed by atoms with Crippen LogP contribution < -0.4 is 0 Å². The van der Waals surface area contributed by atoms with Crippen LogP contribution in [0.1, 0.15) is 278 Å². The van der Waals surface area contributed by atoms with Gasteiger partial charge in [0.1, 0.15) is 13.2 Å². The van der Waals surface area contributed by atoms with Crippen molar-refractivity contribution < 1.29 is 28.6 Å². The van der Waals surface area contributed by atoms with Crippen molar-refractivity contribution in [3.63, 3.8) is 0 Å². The molecular weight excluding hydrogens is 949 g/mol. The van der Waals surface area contributed by atoms with Crippen LogP contribution in [0.15, 0.2) is 134 Å². The van der Waals surface area contributed by atoms with Crippen molar-refractivity contribution in [1.29, 1.82) is 0 Å². The Kier molecular flexibility index (Phi) is 60.4. The van der Waals surface area contributed by atoms with E-state index in [2.05, 4.69) is 148 Å². The molecule has 1 atom stereocenters. The van der Waals surface area contributed by atoms with Crippen molar-refractivity contribution in [2.45, 2.75) is 284 Å². The van der Waals surface area contributed by atoms with Crippen LogP contribution in [-0.4, -0.2) is 37.2 Å². The Morgan fingerprint density at radius 2 is 0.532 bits per heavy atom. The minimum absolute atomic E-state index is 0.113. The van der Waals surface area contributed by atoms with Gasteiger partial charge in [0.15, 0.2) is 6.10 Å². The highest BCUT2D eigenvalue weighted by molar-refractivity contribution is 5.71. The van der Waals surface area contributed by atoms with Crippen molar-refractivity contribution in [2.24, 2.45) is 0 Å². The summed E-state index contributed by atoms with van der Waals surface area (Å²) in [4.78, 5) is 38.2. The van der Waals surface area contributed by atoms with E-state index in [0.29, 0.717) is 19.3 Å². The van der Waals surface area contributed by atoms with Gasteiger partial charge >= 0.3 is 17.9 Å². The monoisotopic (exact) mass is 1060 g/mol. The first-order valence-electron chi connectivity index (χ1n) is 31.7. The molecule has 0 radical (unpaired) electrons. The average molecular weight is 1070 g/mol. The summed E-state index contributed by atoms with van der Waals surface area (Å²) in [5.41, 5.74) is 0. The summed E-state index contributed by atoms with van der Waals surface area (Å²) in [7, 11) is 0. The van der Waals surface area contributed by atoms with E-state index in [4.69, 9.17) is 14.2 Å². The molecule has 1 unspecified atom stereocenters. The third kappa shape index (κ3) is 62.3. The fraction of sp³-hybridized carbons (Fsp3) is 0.648. The Morgan fingerprint density at radius 3 is 0.857 bits per heavy atom. The molecule has 0 aromatic rings. The van der Waals surface area contributed by atoms with Gasteiger partial charge in [-0.05, 0) is 116 Å². The summed E-state index contributed by atoms with van der Waals surface area (Å²) in [5.74, 6) is -1.01. The zero-order valence-electron chi connectivity index (χ0n) is 49.9. The Labute approximate surface area is 475 Å². The SMILES string of the molecule is CC/C=C\C/C=C\C/C=C\C/C=C\C/C=C\C/C=C\CCC(=O)OC(COC(=O)CCCCCCC/C=C\CCCC)COC(=O)CCCCCCCCCCCCCCCCCC/C=C\C/C=C\C/C=C\C/C=C\CC. The lowest BCUT2D eigenvalue weighted by Gasteiger charge is -2.18. The molecular formula is C71H116O6. The molecule has 6 heteroatoms. The number of hydrogen-bond acceptors (Lipinski definition) is 6. The summed E-state index contributed by atoms with van der Waals surface area (Å²) in [6.07, 6.45) is 90.5. The highest BCUT2D eigenvalue weighted by Gasteiger charge is 2.19. The molecule has 0 aromatic heterocycles. The van der Waals surface area contributed by atoms with Crippen molar-refractivity contribution >= 4 is 17.9 Å². The Balaban J connectivity index is 4.31. The number of unbranched alkanes of at least 4 members (excludes halogenated alkanes) is 23. The maximum Gasteiger partial charge on any atom is 0.306 e. The first kappa shape index (κ1) is 72.5. The van der Waals surface area contributed by atoms with Crippen LogP contribution in [0.2, 0.25) is 0 Å². The van der Waals surface area contributed by atoms with Crippen molar-refractivity contribution in [2.75, 3.05) is 13.2 Å². The fourth-order valence-electron chi connectivity index (χ4n) is 8.44. The lowest BCUT2D eigenvalue weighted by molar-refractivity contribution is -0.166. The van der Waals surface area contributed by atoms with E-state index in [0.717, 1.165) is 116 Å². The Hall–Kier alpha value is -4.45. The molecule has 0 heterocycles. The molecule has 436 valence electrons. The molecule has 0 spiro atoms. The van der Waals surface area contributed by atoms with E-state index in [9.17, 15) is 14.4 Å². The summed E-state index contributed by atoms with van der Waals surface area (Å²) in [5, 5.41) is 0. The van der Waals surface area contributed by atoms with Crippen LogP contribution in [0, 0.1) is 0 Å². The van der Waals surface area contributed by atoms with Gasteiger partial charge < -0.3 is 14.2 Å². The molecule has 0 aromatic carbocycles. The predicted octanol–water partition coefficient (Wildman–Crippen LogP) is 21.8. The number of esters is 3. The summed E-state index contributed by atoms with van der Waals surface area (Å²) in [6, 6.07) is 0. The number of rotatable bonds is 56. The van der Waals surface area contributed by atoms with Crippen LogP contribution in [0.5, 0.6) is 0 Å². The van der Waals surface area contributed by atoms with E-state index in [1.807, 2.05) is 6.08 Å². The zero-order valence-corrected chi connectivity index (χ0v) is 49.9. The number of allylic oxidation sites excluding steroid dienone is 22. The van der Waals surface area contributed by atoms with Gasteiger partial charge in [0.25, 0.3) is 0 Å². The molecule has 0 fully saturated rings. The number of carbonyl (C=O) groups excluding carboxylic acids is 3. The van der Waals surface area contributed by atoms with E-state index >= 15 is 0 Å². The lowest BCUT2D eigenvalue weighted by Crippen LogP contribution is -2.30. The molecule has 0 aliphatic carbocycles. The third-order valence-electron chi connectivity index (χ3n) is 13.1. The highest BCUT2D eigenvalue weighted by atomic mass is 16.6. The van der Waals surface area contributed by atoms with Gasteiger partial charge in [0.05, 0.1) is 0 Å². The second-order valence-corrected chi connectivity index (χ2v) is 20.5. The first-order chi connectivity index (χ1) is 38.0. The maximum absolute atomic E-state index is 12.8. The van der Waals surface area contributed by atoms with Crippen LogP contribution in [0.25, 0.3) is 0 Å². The molecule has 0 bridgehead atoms. The minimum Gasteiger partial charge on any atom is -0.462 e. The number of carbonyl (C=O) groups is 3. The van der Waals surface area contributed by atoms with Crippen LogP contribution in [0.3, 0.4) is 0 Å². The van der Waals surface area contributed by atoms with Gasteiger partial charge in [-0.1, -0.05) is 276 Å². The van der Waals surface area contributed by atoms with Crippen molar-refractivity contribution in [3.05, 3.63) is 134 Å². The Morgan fingerprint density at radius 1 is 0.273 bits per heavy atom. The normalized spacial score (nSPS) is 13.0. The van der Waals surface area contributed by atoms with Gasteiger partial charge in [0, 0.05) is 19.3 Å². The molecule has 0 N–H and O–H groups in total. The lowest BCUT2D eigenvalue weighted by atomic mass is 10.0. The molecule has 0 aliphatic heterocycles. The van der Waals surface area contributed by atoms with Crippen LogP contribution in [-0.2, 0) is 28.6 Å². The molecule has 0 saturated carbocycles. The standard InChI is InChI=1S/C71H116O6/c1-4-7-10-13-16-19-22-24-26-28-30-31-32-33-34-35-36-37-38-39-41-42-44-46-49-52-55-58-61-64-70(73)76-67-68(66-75-69(72)63-60-57-54-51-48-21-18-15-12-9-6-3)77-71(74)65-62-59-56-53-50-47-45-43-40-29-27-25-23-20-17-14-11-8-5-2/h7-8,10-11,15-20,24-27,30-31,40,43,47,50,56,59,68H,4-6,9,12-14,21-23,28-29,32-39,41-42,44-46,48-49,51-55,57-58,60-67H2,1-3H3/b10-7-,11-8-,18-15-,19-16-,20-17-,26-24-,27-25-,31-30-,43-40-,50-47-,59-56-. The topological polar surface area (TPSA) is 78.9 Å². The molecule has 6 nitrogen and oxygen atoms in total. The van der Waals surface area contributed by atoms with Gasteiger partial charge in [-0.3, -0.25) is 14.4 Å². The second kappa shape index (κ2) is 64.1. The average Bonchev–Trinajstić information content (AvgIpc) is 3.43. The summed E-state index contributed by atoms with van der Waals surface area (Å²) < 4.78 is 16.8. The van der Waals surface area contributed by atoms with E-state index in [-0.39, 0.29) is 31.6 Å². The second-order valence-electron chi connectivity index (χ2n) is 20.5. The quantitative estimate of drug-likeness (QED) is 0.0261. The molecule has 0 saturated heterocycles. The molecule has 0 amide bonds. The Bertz CT molecular complexity index is 1650. The number of ether oxygens (including phenoxy) is 3. The van der Waals surface area contributed by atoms with Gasteiger partial charge in [-0.2, -0.15) is 0 Å². The predicted molar refractivity (Wildman–Crippen MR) is 334 cm³/mol. The molecule has 77 heavy (non-hydrogen) atoms. The molecule has 0 rings (SSSR count). The van der Waals surface area contributed by atoms with Crippen LogP contribution in [0.4, 0.5) is 0 Å². The van der Waals surface area contributed by atoms with Gasteiger partial charge in [-0.15, -0.1) is 0 Å². The van der Waals surface area contributed by atoms with Gasteiger partial charge in [-0.25, -0.2) is 0 Å². The maximum atomic E-state index is 12.8. The van der Waals surface area contributed by atoms with Crippen molar-refractivity contribution in [3.8, 4) is 0 Å². The van der Waals surface area contributed by atoms with Crippen LogP contribution >= 0.6 is 0 Å². The fourth-order valence-corrected chi connectivity index (χ4v) is 8.44. The largest absolute Gasteiger partial charge is 0.462 e. The summed E-state index contributed by atoms with van der Waals surface area (Å²) >= 11 is 0.